The van der Waals surface area contributed by atoms with E-state index in [4.69, 9.17) is 4.74 Å². The third-order valence-corrected chi connectivity index (χ3v) is 2.92. The zero-order chi connectivity index (χ0) is 12.4. The summed E-state index contributed by atoms with van der Waals surface area (Å²) in [5, 5.41) is 3.24. The lowest BCUT2D eigenvalue weighted by atomic mass is 10.0. The van der Waals surface area contributed by atoms with Gasteiger partial charge in [-0.2, -0.15) is 0 Å². The largest absolute Gasteiger partial charge is 0.474 e. The van der Waals surface area contributed by atoms with Crippen molar-refractivity contribution in [2.45, 2.75) is 6.67 Å². The number of benzene rings is 1. The van der Waals surface area contributed by atoms with Crippen LogP contribution in [0.1, 0.15) is 5.56 Å². The molecular weight excluding hydrogens is 231 g/mol. The quantitative estimate of drug-likeness (QED) is 0.881. The van der Waals surface area contributed by atoms with Crippen LogP contribution < -0.4 is 10.1 Å². The topological polar surface area (TPSA) is 34.2 Å². The van der Waals surface area contributed by atoms with Crippen molar-refractivity contribution >= 4 is 5.69 Å². The Morgan fingerprint density at radius 3 is 3.11 bits per heavy atom. The number of aromatic nitrogens is 1. The Bertz CT molecular complexity index is 571. The van der Waals surface area contributed by atoms with Gasteiger partial charge in [-0.25, -0.2) is 9.37 Å². The van der Waals surface area contributed by atoms with Crippen molar-refractivity contribution in [1.82, 2.24) is 4.98 Å². The minimum atomic E-state index is -0.451. The van der Waals surface area contributed by atoms with Crippen LogP contribution in [0.2, 0.25) is 0 Å². The van der Waals surface area contributed by atoms with Gasteiger partial charge in [0.05, 0.1) is 5.69 Å². The highest BCUT2D eigenvalue weighted by Gasteiger charge is 2.12. The molecule has 1 aliphatic rings. The summed E-state index contributed by atoms with van der Waals surface area (Å²) in [6.07, 6.45) is 1.75. The number of hydrogen-bond donors (Lipinski definition) is 1. The van der Waals surface area contributed by atoms with Crippen molar-refractivity contribution in [2.75, 3.05) is 18.5 Å². The van der Waals surface area contributed by atoms with Crippen LogP contribution in [0.15, 0.2) is 36.5 Å². The molecule has 92 valence electrons. The second-order valence-corrected chi connectivity index (χ2v) is 4.19. The number of nitrogens with zero attached hydrogens (tertiary/aromatic N) is 1. The predicted molar refractivity (Wildman–Crippen MR) is 68.5 cm³/mol. The summed E-state index contributed by atoms with van der Waals surface area (Å²) in [5.41, 5.74) is 3.49. The Labute approximate surface area is 105 Å². The number of anilines is 1. The van der Waals surface area contributed by atoms with Gasteiger partial charge in [-0.1, -0.05) is 18.2 Å². The molecule has 1 aromatic heterocycles. The van der Waals surface area contributed by atoms with E-state index in [0.29, 0.717) is 18.1 Å². The van der Waals surface area contributed by atoms with Gasteiger partial charge in [0.15, 0.2) is 0 Å². The Balaban J connectivity index is 2.00. The fourth-order valence-electron chi connectivity index (χ4n) is 2.02. The first-order valence-corrected chi connectivity index (χ1v) is 5.89. The molecule has 0 atom stereocenters. The zero-order valence-electron chi connectivity index (χ0n) is 9.82. The lowest BCUT2D eigenvalue weighted by molar-refractivity contribution is 0.310. The number of hydrogen-bond acceptors (Lipinski definition) is 3. The molecule has 4 heteroatoms. The zero-order valence-corrected chi connectivity index (χ0v) is 9.82. The normalized spacial score (nSPS) is 13.4. The molecule has 1 N–H and O–H groups in total. The molecule has 0 amide bonds. The maximum atomic E-state index is 12.6. The first kappa shape index (κ1) is 11.0. The molecule has 0 saturated carbocycles. The molecular formula is C14H13FN2O. The van der Waals surface area contributed by atoms with Gasteiger partial charge in [0.25, 0.3) is 0 Å². The van der Waals surface area contributed by atoms with E-state index < -0.39 is 6.67 Å². The van der Waals surface area contributed by atoms with Gasteiger partial charge >= 0.3 is 0 Å². The molecule has 3 rings (SSSR count). The summed E-state index contributed by atoms with van der Waals surface area (Å²) in [5.74, 6) is 0.631. The molecule has 18 heavy (non-hydrogen) atoms. The third kappa shape index (κ3) is 2.01. The van der Waals surface area contributed by atoms with Gasteiger partial charge in [0, 0.05) is 18.3 Å². The SMILES string of the molecule is FCc1cccc(-c2cnc3c(c2)NCCO3)c1. The molecule has 0 radical (unpaired) electrons. The van der Waals surface area contributed by atoms with Crippen LogP contribution in [-0.4, -0.2) is 18.1 Å². The molecule has 3 nitrogen and oxygen atoms in total. The second-order valence-electron chi connectivity index (χ2n) is 4.19. The lowest BCUT2D eigenvalue weighted by Gasteiger charge is -2.18. The van der Waals surface area contributed by atoms with Crippen molar-refractivity contribution in [3.8, 4) is 17.0 Å². The van der Waals surface area contributed by atoms with Crippen molar-refractivity contribution in [3.63, 3.8) is 0 Å². The van der Waals surface area contributed by atoms with Crippen LogP contribution in [0, 0.1) is 0 Å². The monoisotopic (exact) mass is 244 g/mol. The molecule has 0 saturated heterocycles. The summed E-state index contributed by atoms with van der Waals surface area (Å²) < 4.78 is 18.1. The van der Waals surface area contributed by atoms with Crippen molar-refractivity contribution in [3.05, 3.63) is 42.1 Å². The summed E-state index contributed by atoms with van der Waals surface area (Å²) in [4.78, 5) is 4.27. The molecule has 1 aromatic carbocycles. The standard InChI is InChI=1S/C14H13FN2O/c15-8-10-2-1-3-11(6-10)12-7-13-14(17-9-12)18-5-4-16-13/h1-3,6-7,9,16H,4-5,8H2. The van der Waals surface area contributed by atoms with Crippen LogP contribution in [-0.2, 0) is 6.67 Å². The van der Waals surface area contributed by atoms with Crippen molar-refractivity contribution in [1.29, 1.82) is 0 Å². The van der Waals surface area contributed by atoms with Gasteiger partial charge in [0.1, 0.15) is 13.3 Å². The number of alkyl halides is 1. The first-order valence-electron chi connectivity index (χ1n) is 5.89. The van der Waals surface area contributed by atoms with Gasteiger partial charge in [-0.3, -0.25) is 0 Å². The Morgan fingerprint density at radius 1 is 1.28 bits per heavy atom. The number of fused-ring (bicyclic) bond motifs is 1. The first-order chi connectivity index (χ1) is 8.86. The van der Waals surface area contributed by atoms with Crippen LogP contribution in [0.5, 0.6) is 5.88 Å². The number of nitrogens with one attached hydrogen (secondary N) is 1. The average Bonchev–Trinajstić information content (AvgIpc) is 2.47. The van der Waals surface area contributed by atoms with Gasteiger partial charge in [-0.05, 0) is 23.3 Å². The molecule has 0 unspecified atom stereocenters. The van der Waals surface area contributed by atoms with E-state index in [1.54, 1.807) is 12.3 Å². The van der Waals surface area contributed by atoms with Gasteiger partial charge in [0.2, 0.25) is 5.88 Å². The molecule has 0 bridgehead atoms. The van der Waals surface area contributed by atoms with E-state index in [2.05, 4.69) is 10.3 Å². The number of halogens is 1. The van der Waals surface area contributed by atoms with Crippen LogP contribution in [0.4, 0.5) is 10.1 Å². The van der Waals surface area contributed by atoms with E-state index in [1.165, 1.54) is 0 Å². The summed E-state index contributed by atoms with van der Waals surface area (Å²) in [7, 11) is 0. The van der Waals surface area contributed by atoms with Crippen molar-refractivity contribution < 1.29 is 9.13 Å². The number of ether oxygens (including phenoxy) is 1. The van der Waals surface area contributed by atoms with E-state index in [9.17, 15) is 4.39 Å². The van der Waals surface area contributed by atoms with E-state index in [-0.39, 0.29) is 0 Å². The van der Waals surface area contributed by atoms with Gasteiger partial charge in [-0.15, -0.1) is 0 Å². The highest BCUT2D eigenvalue weighted by atomic mass is 19.1. The average molecular weight is 244 g/mol. The molecule has 0 fully saturated rings. The molecule has 2 aromatic rings. The molecule has 1 aliphatic heterocycles. The Morgan fingerprint density at radius 2 is 2.22 bits per heavy atom. The highest BCUT2D eigenvalue weighted by Crippen LogP contribution is 2.30. The highest BCUT2D eigenvalue weighted by molar-refractivity contribution is 5.70. The molecule has 0 spiro atoms. The third-order valence-electron chi connectivity index (χ3n) is 2.92. The number of pyridine rings is 1. The maximum Gasteiger partial charge on any atom is 0.237 e. The molecule has 0 aliphatic carbocycles. The van der Waals surface area contributed by atoms with E-state index in [1.807, 2.05) is 24.3 Å². The lowest BCUT2D eigenvalue weighted by Crippen LogP contribution is -2.18. The fourth-order valence-corrected chi connectivity index (χ4v) is 2.02. The smallest absolute Gasteiger partial charge is 0.237 e. The van der Waals surface area contributed by atoms with E-state index in [0.717, 1.165) is 23.4 Å². The minimum Gasteiger partial charge on any atom is -0.474 e. The summed E-state index contributed by atoms with van der Waals surface area (Å²) in [6.45, 7) is 0.965. The Hall–Kier alpha value is -2.10. The summed E-state index contributed by atoms with van der Waals surface area (Å²) >= 11 is 0. The predicted octanol–water partition coefficient (Wildman–Crippen LogP) is 3.02. The van der Waals surface area contributed by atoms with Crippen LogP contribution >= 0.6 is 0 Å². The fraction of sp³-hybridized carbons (Fsp3) is 0.214. The maximum absolute atomic E-state index is 12.6. The minimum absolute atomic E-state index is 0.451. The van der Waals surface area contributed by atoms with Crippen LogP contribution in [0.25, 0.3) is 11.1 Å². The Kier molecular flexibility index (Phi) is 2.84. The van der Waals surface area contributed by atoms with Gasteiger partial charge < -0.3 is 10.1 Å². The van der Waals surface area contributed by atoms with Crippen molar-refractivity contribution in [2.24, 2.45) is 0 Å². The second kappa shape index (κ2) is 4.64. The molecule has 2 heterocycles. The number of rotatable bonds is 2. The van der Waals surface area contributed by atoms with E-state index >= 15 is 0 Å². The van der Waals surface area contributed by atoms with Crippen LogP contribution in [0.3, 0.4) is 0 Å². The summed E-state index contributed by atoms with van der Waals surface area (Å²) in [6, 6.07) is 9.41.